The molecular weight excluding hydrogens is 246 g/mol. The van der Waals surface area contributed by atoms with Crippen LogP contribution in [0.2, 0.25) is 0 Å². The Kier molecular flexibility index (Phi) is 4.36. The number of carbonyl (C=O) groups excluding carboxylic acids is 1. The second-order valence-corrected chi connectivity index (χ2v) is 5.03. The Hall–Kier alpha value is -1.63. The zero-order valence-corrected chi connectivity index (χ0v) is 11.4. The number of hydrogen-bond acceptors (Lipinski definition) is 6. The van der Waals surface area contributed by atoms with Crippen molar-refractivity contribution in [2.24, 2.45) is 11.7 Å². The van der Waals surface area contributed by atoms with Crippen molar-refractivity contribution in [2.75, 3.05) is 25.0 Å². The normalized spacial score (nSPS) is 18.5. The summed E-state index contributed by atoms with van der Waals surface area (Å²) < 4.78 is 5.64. The lowest BCUT2D eigenvalue weighted by atomic mass is 9.93. The van der Waals surface area contributed by atoms with Gasteiger partial charge in [0.15, 0.2) is 0 Å². The van der Waals surface area contributed by atoms with Gasteiger partial charge in [0, 0.05) is 19.5 Å². The van der Waals surface area contributed by atoms with Gasteiger partial charge in [-0.25, -0.2) is 0 Å². The number of carbonyl (C=O) groups is 1. The molecule has 1 amide bonds. The van der Waals surface area contributed by atoms with E-state index in [1.165, 1.54) is 0 Å². The fourth-order valence-electron chi connectivity index (χ4n) is 2.27. The zero-order chi connectivity index (χ0) is 13.8. The van der Waals surface area contributed by atoms with E-state index in [0.717, 1.165) is 25.9 Å². The maximum atomic E-state index is 10.9. The summed E-state index contributed by atoms with van der Waals surface area (Å²) in [6.45, 7) is 3.62. The van der Waals surface area contributed by atoms with Gasteiger partial charge < -0.3 is 20.4 Å². The number of amides is 1. The summed E-state index contributed by atoms with van der Waals surface area (Å²) in [4.78, 5) is 13.0. The van der Waals surface area contributed by atoms with Crippen molar-refractivity contribution < 1.29 is 9.21 Å². The first-order chi connectivity index (χ1) is 9.10. The van der Waals surface area contributed by atoms with Gasteiger partial charge in [-0.3, -0.25) is 4.79 Å². The van der Waals surface area contributed by atoms with Crippen LogP contribution in [0.4, 0.5) is 6.01 Å². The van der Waals surface area contributed by atoms with Crippen LogP contribution >= 0.6 is 0 Å². The second-order valence-electron chi connectivity index (χ2n) is 5.03. The first kappa shape index (κ1) is 13.8. The van der Waals surface area contributed by atoms with Gasteiger partial charge in [-0.05, 0) is 32.7 Å². The van der Waals surface area contributed by atoms with Crippen molar-refractivity contribution in [3.8, 4) is 0 Å². The van der Waals surface area contributed by atoms with E-state index in [1.807, 2.05) is 14.0 Å². The van der Waals surface area contributed by atoms with Crippen LogP contribution in [0.15, 0.2) is 4.42 Å². The maximum Gasteiger partial charge on any atom is 0.318 e. The van der Waals surface area contributed by atoms with Crippen LogP contribution < -0.4 is 16.0 Å². The summed E-state index contributed by atoms with van der Waals surface area (Å²) >= 11 is 0. The number of anilines is 1. The molecule has 0 aromatic carbocycles. The zero-order valence-electron chi connectivity index (χ0n) is 11.4. The minimum atomic E-state index is -0.221. The number of nitrogens with zero attached hydrogens (tertiary/aromatic N) is 3. The summed E-state index contributed by atoms with van der Waals surface area (Å²) in [5.74, 6) is 0.755. The first-order valence-electron chi connectivity index (χ1n) is 6.64. The third kappa shape index (κ3) is 3.44. The van der Waals surface area contributed by atoms with Gasteiger partial charge in [0.1, 0.15) is 0 Å². The molecular formula is C12H21N5O2. The first-order valence-corrected chi connectivity index (χ1v) is 6.64. The van der Waals surface area contributed by atoms with Crippen molar-refractivity contribution in [3.05, 3.63) is 5.89 Å². The Bertz CT molecular complexity index is 426. The van der Waals surface area contributed by atoms with Crippen LogP contribution in [0.1, 0.15) is 38.1 Å². The molecule has 1 unspecified atom stereocenters. The van der Waals surface area contributed by atoms with Gasteiger partial charge in [-0.2, -0.15) is 0 Å². The highest BCUT2D eigenvalue weighted by Crippen LogP contribution is 2.25. The van der Waals surface area contributed by atoms with Crippen LogP contribution in [0, 0.1) is 5.92 Å². The van der Waals surface area contributed by atoms with Crippen molar-refractivity contribution in [1.29, 1.82) is 0 Å². The van der Waals surface area contributed by atoms with E-state index in [-0.39, 0.29) is 11.9 Å². The minimum absolute atomic E-state index is 0.0497. The lowest BCUT2D eigenvalue weighted by Gasteiger charge is -2.29. The number of hydrogen-bond donors (Lipinski definition) is 2. The molecule has 2 heterocycles. The minimum Gasteiger partial charge on any atom is -0.406 e. The van der Waals surface area contributed by atoms with Gasteiger partial charge >= 0.3 is 6.01 Å². The number of nitrogens with one attached hydrogen (secondary N) is 1. The number of piperidine rings is 1. The molecule has 7 heteroatoms. The molecule has 19 heavy (non-hydrogen) atoms. The van der Waals surface area contributed by atoms with Gasteiger partial charge in [-0.1, -0.05) is 5.10 Å². The van der Waals surface area contributed by atoms with Crippen LogP contribution in [-0.4, -0.2) is 36.2 Å². The molecule has 3 N–H and O–H groups in total. The summed E-state index contributed by atoms with van der Waals surface area (Å²) in [5.41, 5.74) is 5.22. The Morgan fingerprint density at radius 3 is 2.79 bits per heavy atom. The average Bonchev–Trinajstić information content (AvgIpc) is 2.87. The van der Waals surface area contributed by atoms with Gasteiger partial charge in [-0.15, -0.1) is 5.10 Å². The van der Waals surface area contributed by atoms with E-state index in [0.29, 0.717) is 24.2 Å². The molecule has 1 aliphatic heterocycles. The highest BCUT2D eigenvalue weighted by molar-refractivity contribution is 5.74. The summed E-state index contributed by atoms with van der Waals surface area (Å²) in [6.07, 6.45) is 2.34. The molecule has 1 fully saturated rings. The Labute approximate surface area is 112 Å². The molecule has 7 nitrogen and oxygen atoms in total. The van der Waals surface area contributed by atoms with Gasteiger partial charge in [0.05, 0.1) is 6.04 Å². The molecule has 0 bridgehead atoms. The van der Waals surface area contributed by atoms with Gasteiger partial charge in [0.25, 0.3) is 0 Å². The largest absolute Gasteiger partial charge is 0.406 e. The number of nitrogens with two attached hydrogens (primary N) is 1. The second kappa shape index (κ2) is 6.01. The molecule has 1 aromatic rings. The fraction of sp³-hybridized carbons (Fsp3) is 0.750. The molecule has 2 rings (SSSR count). The predicted molar refractivity (Wildman–Crippen MR) is 70.5 cm³/mol. The van der Waals surface area contributed by atoms with E-state index in [4.69, 9.17) is 10.2 Å². The van der Waals surface area contributed by atoms with E-state index in [9.17, 15) is 4.79 Å². The van der Waals surface area contributed by atoms with Crippen molar-refractivity contribution >= 4 is 11.9 Å². The van der Waals surface area contributed by atoms with Crippen LogP contribution in [-0.2, 0) is 4.79 Å². The standard InChI is InChI=1S/C12H21N5O2/c1-8(14-2)11-15-16-12(19-11)17-5-3-9(4-6-17)7-10(13)18/h8-9,14H,3-7H2,1-2H3,(H2,13,18). The molecule has 106 valence electrons. The monoisotopic (exact) mass is 267 g/mol. The molecule has 1 aromatic heterocycles. The fourth-order valence-corrected chi connectivity index (χ4v) is 2.27. The third-order valence-electron chi connectivity index (χ3n) is 3.61. The number of rotatable bonds is 5. The van der Waals surface area contributed by atoms with Gasteiger partial charge in [0.2, 0.25) is 11.8 Å². The molecule has 0 spiro atoms. The lowest BCUT2D eigenvalue weighted by molar-refractivity contribution is -0.119. The smallest absolute Gasteiger partial charge is 0.318 e. The summed E-state index contributed by atoms with van der Waals surface area (Å²) in [7, 11) is 1.85. The SMILES string of the molecule is CNC(C)c1nnc(N2CCC(CC(N)=O)CC2)o1. The molecule has 0 aliphatic carbocycles. The highest BCUT2D eigenvalue weighted by Gasteiger charge is 2.24. The summed E-state index contributed by atoms with van der Waals surface area (Å²) in [6, 6.07) is 0.614. The predicted octanol–water partition coefficient (Wildman–Crippen LogP) is 0.442. The Balaban J connectivity index is 1.90. The van der Waals surface area contributed by atoms with Crippen molar-refractivity contribution in [2.45, 2.75) is 32.2 Å². The van der Waals surface area contributed by atoms with Crippen molar-refractivity contribution in [3.63, 3.8) is 0 Å². The van der Waals surface area contributed by atoms with Crippen LogP contribution in [0.25, 0.3) is 0 Å². The van der Waals surface area contributed by atoms with Crippen LogP contribution in [0.5, 0.6) is 0 Å². The molecule has 0 radical (unpaired) electrons. The van der Waals surface area contributed by atoms with E-state index in [1.54, 1.807) is 0 Å². The summed E-state index contributed by atoms with van der Waals surface area (Å²) in [5, 5.41) is 11.2. The Morgan fingerprint density at radius 2 is 2.21 bits per heavy atom. The van der Waals surface area contributed by atoms with E-state index in [2.05, 4.69) is 20.4 Å². The third-order valence-corrected chi connectivity index (χ3v) is 3.61. The maximum absolute atomic E-state index is 10.9. The highest BCUT2D eigenvalue weighted by atomic mass is 16.4. The topological polar surface area (TPSA) is 97.3 Å². The molecule has 1 saturated heterocycles. The lowest BCUT2D eigenvalue weighted by Crippen LogP contribution is -2.35. The number of primary amides is 1. The quantitative estimate of drug-likeness (QED) is 0.803. The molecule has 0 saturated carbocycles. The average molecular weight is 267 g/mol. The van der Waals surface area contributed by atoms with Crippen molar-refractivity contribution in [1.82, 2.24) is 15.5 Å². The van der Waals surface area contributed by atoms with Crippen LogP contribution in [0.3, 0.4) is 0 Å². The Morgan fingerprint density at radius 1 is 1.53 bits per heavy atom. The molecule has 1 aliphatic rings. The van der Waals surface area contributed by atoms with E-state index < -0.39 is 0 Å². The van der Waals surface area contributed by atoms with E-state index >= 15 is 0 Å². The number of aromatic nitrogens is 2. The molecule has 1 atom stereocenters.